The van der Waals surface area contributed by atoms with Crippen molar-refractivity contribution in [3.8, 4) is 16.9 Å². The van der Waals surface area contributed by atoms with Gasteiger partial charge in [0.1, 0.15) is 11.6 Å². The van der Waals surface area contributed by atoms with Crippen LogP contribution in [0.25, 0.3) is 32.8 Å². The fraction of sp³-hybridized carbons (Fsp3) is 0.185. The summed E-state index contributed by atoms with van der Waals surface area (Å²) in [6, 6.07) is 17.4. The van der Waals surface area contributed by atoms with Crippen LogP contribution >= 0.6 is 0 Å². The number of hydrogen-bond donors (Lipinski definition) is 1. The molecule has 8 heteroatoms. The van der Waals surface area contributed by atoms with Crippen molar-refractivity contribution in [3.63, 3.8) is 0 Å². The Hall–Kier alpha value is -3.78. The Morgan fingerprint density at radius 1 is 1.03 bits per heavy atom. The Morgan fingerprint density at radius 3 is 2.40 bits per heavy atom. The van der Waals surface area contributed by atoms with E-state index in [9.17, 15) is 8.60 Å². The van der Waals surface area contributed by atoms with Crippen molar-refractivity contribution < 1.29 is 13.3 Å². The number of ether oxygens (including phenoxy) is 1. The van der Waals surface area contributed by atoms with Gasteiger partial charge in [0.15, 0.2) is 5.82 Å². The fourth-order valence-corrected chi connectivity index (χ4v) is 5.42. The summed E-state index contributed by atoms with van der Waals surface area (Å²) < 4.78 is 37.4. The number of benzene rings is 3. The molecule has 0 fully saturated rings. The van der Waals surface area contributed by atoms with Crippen LogP contribution in [-0.4, -0.2) is 32.8 Å². The van der Waals surface area contributed by atoms with E-state index in [4.69, 9.17) is 14.1 Å². The number of aromatic nitrogens is 3. The summed E-state index contributed by atoms with van der Waals surface area (Å²) in [6.07, 6.45) is 3.37. The van der Waals surface area contributed by atoms with E-state index in [1.165, 1.54) is 12.1 Å². The van der Waals surface area contributed by atoms with Crippen LogP contribution in [0.3, 0.4) is 0 Å². The zero-order chi connectivity index (χ0) is 24.7. The second kappa shape index (κ2) is 8.78. The van der Waals surface area contributed by atoms with E-state index < -0.39 is 9.73 Å². The summed E-state index contributed by atoms with van der Waals surface area (Å²) in [5, 5.41) is 9.74. The maximum Gasteiger partial charge on any atom is 0.170 e. The summed E-state index contributed by atoms with van der Waals surface area (Å²) in [4.78, 5) is 5.52. The lowest BCUT2D eigenvalue weighted by Gasteiger charge is -2.18. The highest BCUT2D eigenvalue weighted by Gasteiger charge is 2.20. The highest BCUT2D eigenvalue weighted by molar-refractivity contribution is 7.93. The van der Waals surface area contributed by atoms with Gasteiger partial charge in [-0.15, -0.1) is 0 Å². The number of halogens is 1. The van der Waals surface area contributed by atoms with E-state index in [1.54, 1.807) is 56.0 Å². The molecule has 5 rings (SSSR count). The number of H-pyrrole nitrogens is 1. The Balaban J connectivity index is 1.84. The summed E-state index contributed by atoms with van der Waals surface area (Å²) in [5.41, 5.74) is 3.39. The molecule has 3 aromatic carbocycles. The zero-order valence-corrected chi connectivity index (χ0v) is 20.7. The van der Waals surface area contributed by atoms with Gasteiger partial charge in [0.25, 0.3) is 0 Å². The number of aromatic amines is 1. The molecule has 0 aliphatic heterocycles. The monoisotopic (exact) mass is 488 g/mol. The van der Waals surface area contributed by atoms with Crippen LogP contribution in [0, 0.1) is 5.82 Å². The Morgan fingerprint density at radius 2 is 1.74 bits per heavy atom. The van der Waals surface area contributed by atoms with Crippen molar-refractivity contribution in [1.29, 1.82) is 0 Å². The Kier molecular flexibility index (Phi) is 5.76. The lowest BCUT2D eigenvalue weighted by Crippen LogP contribution is -2.02. The van der Waals surface area contributed by atoms with E-state index >= 15 is 0 Å². The molecule has 6 nitrogen and oxygen atoms in total. The molecule has 1 N–H and O–H groups in total. The van der Waals surface area contributed by atoms with Gasteiger partial charge in [-0.2, -0.15) is 9.46 Å². The molecule has 0 saturated heterocycles. The van der Waals surface area contributed by atoms with Crippen molar-refractivity contribution in [3.05, 3.63) is 78.4 Å². The van der Waals surface area contributed by atoms with Gasteiger partial charge in [0.05, 0.1) is 34.2 Å². The van der Waals surface area contributed by atoms with Crippen LogP contribution in [0.5, 0.6) is 5.75 Å². The first-order chi connectivity index (χ1) is 16.8. The summed E-state index contributed by atoms with van der Waals surface area (Å²) in [7, 11) is -1.23. The first kappa shape index (κ1) is 23.0. The molecule has 35 heavy (non-hydrogen) atoms. The number of fused-ring (bicyclic) bond motifs is 2. The molecule has 2 heterocycles. The van der Waals surface area contributed by atoms with E-state index in [2.05, 4.69) is 10.2 Å². The van der Waals surface area contributed by atoms with Crippen molar-refractivity contribution in [1.82, 2.24) is 15.2 Å². The van der Waals surface area contributed by atoms with Gasteiger partial charge in [-0.05, 0) is 65.4 Å². The molecular formula is C27H25FN4O2S. The SMILES string of the molecule is COc1ccc(S(C)(=O)=Nc2nc(C(C)C)c(-c3ccc(F)cc3)c3cc4cn[nH]c4cc23)cc1. The largest absolute Gasteiger partial charge is 0.497 e. The molecule has 1 atom stereocenters. The predicted molar refractivity (Wildman–Crippen MR) is 138 cm³/mol. The minimum atomic E-state index is -2.81. The number of rotatable bonds is 5. The third kappa shape index (κ3) is 4.25. The van der Waals surface area contributed by atoms with Crippen LogP contribution < -0.4 is 4.74 Å². The maximum atomic E-state index is 13.8. The number of methoxy groups -OCH3 is 1. The fourth-order valence-electron chi connectivity index (χ4n) is 4.20. The van der Waals surface area contributed by atoms with Gasteiger partial charge in [-0.1, -0.05) is 26.0 Å². The lowest BCUT2D eigenvalue weighted by atomic mass is 9.92. The van der Waals surface area contributed by atoms with E-state index in [0.717, 1.165) is 38.5 Å². The van der Waals surface area contributed by atoms with E-state index in [-0.39, 0.29) is 11.7 Å². The molecule has 1 unspecified atom stereocenters. The van der Waals surface area contributed by atoms with Gasteiger partial charge in [0.2, 0.25) is 0 Å². The number of hydrogen-bond acceptors (Lipinski definition) is 5. The van der Waals surface area contributed by atoms with Crippen molar-refractivity contribution in [2.24, 2.45) is 4.36 Å². The second-order valence-corrected chi connectivity index (χ2v) is 11.0. The molecule has 5 aromatic rings. The molecule has 0 saturated carbocycles. The standard InChI is InChI=1S/C27H25FN4O2S/c1-16(2)26-25(17-5-7-19(28)8-6-17)22-13-18-15-29-31-24(18)14-23(22)27(30-26)32-35(4,33)21-11-9-20(34-3)10-12-21/h5-16H,1-4H3,(H,29,31). The number of nitrogens with one attached hydrogen (secondary N) is 1. The molecule has 0 spiro atoms. The number of nitrogens with zero attached hydrogens (tertiary/aromatic N) is 3. The number of pyridine rings is 1. The zero-order valence-electron chi connectivity index (χ0n) is 19.9. The summed E-state index contributed by atoms with van der Waals surface area (Å²) >= 11 is 0. The third-order valence-electron chi connectivity index (χ3n) is 6.01. The summed E-state index contributed by atoms with van der Waals surface area (Å²) in [6.45, 7) is 4.10. The van der Waals surface area contributed by atoms with Crippen molar-refractivity contribution in [2.45, 2.75) is 24.7 Å². The van der Waals surface area contributed by atoms with Gasteiger partial charge in [-0.25, -0.2) is 13.6 Å². The third-order valence-corrected chi connectivity index (χ3v) is 7.68. The van der Waals surface area contributed by atoms with Crippen LogP contribution in [0.1, 0.15) is 25.5 Å². The van der Waals surface area contributed by atoms with Crippen LogP contribution in [-0.2, 0) is 9.73 Å². The molecule has 178 valence electrons. The van der Waals surface area contributed by atoms with Crippen molar-refractivity contribution in [2.75, 3.05) is 13.4 Å². The molecular weight excluding hydrogens is 463 g/mol. The van der Waals surface area contributed by atoms with Gasteiger partial charge in [0, 0.05) is 27.5 Å². The van der Waals surface area contributed by atoms with Crippen LogP contribution in [0.4, 0.5) is 10.2 Å². The molecule has 0 radical (unpaired) electrons. The minimum Gasteiger partial charge on any atom is -0.497 e. The first-order valence-corrected chi connectivity index (χ1v) is 13.1. The Labute approximate surface area is 203 Å². The van der Waals surface area contributed by atoms with Gasteiger partial charge >= 0.3 is 0 Å². The predicted octanol–water partition coefficient (Wildman–Crippen LogP) is 6.84. The minimum absolute atomic E-state index is 0.0438. The quantitative estimate of drug-likeness (QED) is 0.294. The molecule has 0 bridgehead atoms. The lowest BCUT2D eigenvalue weighted by molar-refractivity contribution is 0.414. The topological polar surface area (TPSA) is 80.2 Å². The van der Waals surface area contributed by atoms with Crippen molar-refractivity contribution >= 4 is 37.2 Å². The molecule has 0 amide bonds. The highest BCUT2D eigenvalue weighted by atomic mass is 32.2. The molecule has 2 aromatic heterocycles. The highest BCUT2D eigenvalue weighted by Crippen LogP contribution is 2.41. The smallest absolute Gasteiger partial charge is 0.170 e. The van der Waals surface area contributed by atoms with Gasteiger partial charge in [-0.3, -0.25) is 5.10 Å². The average molecular weight is 489 g/mol. The second-order valence-electron chi connectivity index (χ2n) is 8.78. The molecule has 0 aliphatic rings. The van der Waals surface area contributed by atoms with E-state index in [1.807, 2.05) is 26.0 Å². The first-order valence-electron chi connectivity index (χ1n) is 11.2. The average Bonchev–Trinajstić information content (AvgIpc) is 3.31. The van der Waals surface area contributed by atoms with Gasteiger partial charge < -0.3 is 4.74 Å². The molecule has 0 aliphatic carbocycles. The maximum absolute atomic E-state index is 13.8. The van der Waals surface area contributed by atoms with E-state index in [0.29, 0.717) is 16.5 Å². The summed E-state index contributed by atoms with van der Waals surface area (Å²) in [5.74, 6) is 0.822. The van der Waals surface area contributed by atoms with Crippen LogP contribution in [0.15, 0.2) is 76.1 Å². The normalized spacial score (nSPS) is 13.3. The van der Waals surface area contributed by atoms with Crippen LogP contribution in [0.2, 0.25) is 0 Å². The Bertz CT molecular complexity index is 1670.